The Morgan fingerprint density at radius 3 is 2.90 bits per heavy atom. The molecule has 0 fully saturated rings. The number of nitrogens with zero attached hydrogens (tertiary/aromatic N) is 1. The van der Waals surface area contributed by atoms with Crippen LogP contribution in [0.2, 0.25) is 0 Å². The molecule has 0 saturated carbocycles. The quantitative estimate of drug-likeness (QED) is 0.846. The Hall–Kier alpha value is -2.37. The third-order valence-corrected chi connectivity index (χ3v) is 2.73. The molecular formula is C14H16FN3O2. The van der Waals surface area contributed by atoms with Gasteiger partial charge in [0.2, 0.25) is 5.91 Å². The predicted octanol–water partition coefficient (Wildman–Crippen LogP) is 1.89. The van der Waals surface area contributed by atoms with Crippen molar-refractivity contribution in [2.75, 3.05) is 18.4 Å². The number of aromatic nitrogens is 1. The Balaban J connectivity index is 1.69. The highest BCUT2D eigenvalue weighted by atomic mass is 19.1. The summed E-state index contributed by atoms with van der Waals surface area (Å²) in [5, 5.41) is 9.25. The van der Waals surface area contributed by atoms with Crippen LogP contribution in [-0.4, -0.2) is 24.2 Å². The molecule has 6 heteroatoms. The first-order valence-electron chi connectivity index (χ1n) is 6.32. The molecule has 106 valence electrons. The van der Waals surface area contributed by atoms with E-state index in [1.165, 1.54) is 6.07 Å². The molecule has 0 aliphatic carbocycles. The van der Waals surface area contributed by atoms with E-state index in [2.05, 4.69) is 15.8 Å². The maximum atomic E-state index is 13.3. The zero-order chi connectivity index (χ0) is 14.4. The molecular weight excluding hydrogens is 261 g/mol. The first-order chi connectivity index (χ1) is 9.65. The van der Waals surface area contributed by atoms with Crippen molar-refractivity contribution in [3.05, 3.63) is 47.5 Å². The average Bonchev–Trinajstić information content (AvgIpc) is 2.84. The summed E-state index contributed by atoms with van der Waals surface area (Å²) in [6, 6.07) is 8.23. The van der Waals surface area contributed by atoms with Gasteiger partial charge in [-0.2, -0.15) is 0 Å². The van der Waals surface area contributed by atoms with E-state index >= 15 is 0 Å². The molecule has 0 atom stereocenters. The normalized spacial score (nSPS) is 10.3. The first-order valence-corrected chi connectivity index (χ1v) is 6.32. The lowest BCUT2D eigenvalue weighted by atomic mass is 10.1. The summed E-state index contributed by atoms with van der Waals surface area (Å²) >= 11 is 0. The van der Waals surface area contributed by atoms with E-state index in [-0.39, 0.29) is 18.3 Å². The van der Waals surface area contributed by atoms with Gasteiger partial charge < -0.3 is 15.2 Å². The molecule has 0 saturated heterocycles. The second-order valence-electron chi connectivity index (χ2n) is 4.37. The summed E-state index contributed by atoms with van der Waals surface area (Å²) in [5.74, 6) is 0.763. The molecule has 0 unspecified atom stereocenters. The van der Waals surface area contributed by atoms with Crippen molar-refractivity contribution in [2.45, 2.75) is 13.3 Å². The van der Waals surface area contributed by atoms with Crippen LogP contribution in [0.15, 0.2) is 34.9 Å². The Kier molecular flexibility index (Phi) is 4.70. The second kappa shape index (κ2) is 6.70. The van der Waals surface area contributed by atoms with Crippen molar-refractivity contribution in [3.8, 4) is 0 Å². The van der Waals surface area contributed by atoms with Gasteiger partial charge in [0.15, 0.2) is 5.82 Å². The minimum Gasteiger partial charge on any atom is -0.360 e. The van der Waals surface area contributed by atoms with Crippen LogP contribution in [0, 0.1) is 12.7 Å². The van der Waals surface area contributed by atoms with Gasteiger partial charge in [0.05, 0.1) is 6.54 Å². The fraction of sp³-hybridized carbons (Fsp3) is 0.286. The van der Waals surface area contributed by atoms with Crippen LogP contribution in [0.4, 0.5) is 10.2 Å². The number of nitrogens with one attached hydrogen (secondary N) is 2. The SMILES string of the molecule is Cc1cc(NCC(=O)NCCc2ccccc2F)no1. The summed E-state index contributed by atoms with van der Waals surface area (Å²) in [5.41, 5.74) is 0.591. The minimum absolute atomic E-state index is 0.100. The van der Waals surface area contributed by atoms with Crippen LogP contribution >= 0.6 is 0 Å². The van der Waals surface area contributed by atoms with Gasteiger partial charge in [-0.25, -0.2) is 4.39 Å². The second-order valence-corrected chi connectivity index (χ2v) is 4.37. The number of carbonyl (C=O) groups is 1. The lowest BCUT2D eigenvalue weighted by Crippen LogP contribution is -2.31. The number of hydrogen-bond acceptors (Lipinski definition) is 4. The van der Waals surface area contributed by atoms with Crippen molar-refractivity contribution in [3.63, 3.8) is 0 Å². The van der Waals surface area contributed by atoms with Gasteiger partial charge in [0, 0.05) is 12.6 Å². The molecule has 20 heavy (non-hydrogen) atoms. The van der Waals surface area contributed by atoms with Gasteiger partial charge in [-0.05, 0) is 25.0 Å². The van der Waals surface area contributed by atoms with Crippen LogP contribution in [0.3, 0.4) is 0 Å². The van der Waals surface area contributed by atoms with Crippen molar-refractivity contribution in [1.82, 2.24) is 10.5 Å². The molecule has 0 radical (unpaired) electrons. The van der Waals surface area contributed by atoms with Crippen LogP contribution in [0.5, 0.6) is 0 Å². The molecule has 2 N–H and O–H groups in total. The van der Waals surface area contributed by atoms with Gasteiger partial charge >= 0.3 is 0 Å². The van der Waals surface area contributed by atoms with Gasteiger partial charge in [-0.15, -0.1) is 0 Å². The number of rotatable bonds is 6. The summed E-state index contributed by atoms with van der Waals surface area (Å²) in [6.07, 6.45) is 0.460. The highest BCUT2D eigenvalue weighted by molar-refractivity contribution is 5.80. The minimum atomic E-state index is -0.252. The topological polar surface area (TPSA) is 67.2 Å². The largest absolute Gasteiger partial charge is 0.360 e. The van der Waals surface area contributed by atoms with E-state index in [1.54, 1.807) is 31.2 Å². The van der Waals surface area contributed by atoms with Crippen LogP contribution in [-0.2, 0) is 11.2 Å². The molecule has 1 aromatic carbocycles. The molecule has 1 amide bonds. The van der Waals surface area contributed by atoms with E-state index in [9.17, 15) is 9.18 Å². The summed E-state index contributed by atoms with van der Waals surface area (Å²) in [4.78, 5) is 11.6. The number of aryl methyl sites for hydroxylation is 1. The van der Waals surface area contributed by atoms with Gasteiger partial charge in [-0.3, -0.25) is 4.79 Å². The van der Waals surface area contributed by atoms with Gasteiger partial charge in [-0.1, -0.05) is 23.4 Å². The summed E-state index contributed by atoms with van der Waals surface area (Å²) < 4.78 is 18.2. The van der Waals surface area contributed by atoms with Crippen molar-refractivity contribution in [2.24, 2.45) is 0 Å². The molecule has 0 aliphatic rings. The highest BCUT2D eigenvalue weighted by Crippen LogP contribution is 2.07. The molecule has 1 aromatic heterocycles. The standard InChI is InChI=1S/C14H16FN3O2/c1-10-8-13(18-20-10)17-9-14(19)16-7-6-11-4-2-3-5-12(11)15/h2-5,8H,6-7,9H2,1H3,(H,16,19)(H,17,18). The molecule has 2 aromatic rings. The van der Waals surface area contributed by atoms with Crippen molar-refractivity contribution in [1.29, 1.82) is 0 Å². The molecule has 0 spiro atoms. The number of halogens is 1. The van der Waals surface area contributed by atoms with Gasteiger partial charge in [0.25, 0.3) is 0 Å². The van der Waals surface area contributed by atoms with Crippen molar-refractivity contribution >= 4 is 11.7 Å². The number of benzene rings is 1. The zero-order valence-electron chi connectivity index (χ0n) is 11.1. The van der Waals surface area contributed by atoms with Gasteiger partial charge in [0.1, 0.15) is 11.6 Å². The molecule has 5 nitrogen and oxygen atoms in total. The van der Waals surface area contributed by atoms with E-state index in [0.717, 1.165) is 0 Å². The van der Waals surface area contributed by atoms with Crippen molar-refractivity contribution < 1.29 is 13.7 Å². The summed E-state index contributed by atoms with van der Waals surface area (Å²) in [7, 11) is 0. The smallest absolute Gasteiger partial charge is 0.239 e. The van der Waals surface area contributed by atoms with Crippen LogP contribution in [0.25, 0.3) is 0 Å². The molecule has 1 heterocycles. The van der Waals surface area contributed by atoms with E-state index in [1.807, 2.05) is 0 Å². The Morgan fingerprint density at radius 1 is 1.40 bits per heavy atom. The lowest BCUT2D eigenvalue weighted by Gasteiger charge is -2.06. The van der Waals surface area contributed by atoms with E-state index in [4.69, 9.17) is 4.52 Å². The molecule has 0 bridgehead atoms. The Morgan fingerprint density at radius 2 is 2.20 bits per heavy atom. The third kappa shape index (κ3) is 4.08. The predicted molar refractivity (Wildman–Crippen MR) is 72.8 cm³/mol. The van der Waals surface area contributed by atoms with E-state index in [0.29, 0.717) is 30.1 Å². The third-order valence-electron chi connectivity index (χ3n) is 2.73. The monoisotopic (exact) mass is 277 g/mol. The Bertz CT molecular complexity index is 583. The zero-order valence-corrected chi connectivity index (χ0v) is 11.1. The maximum Gasteiger partial charge on any atom is 0.239 e. The van der Waals surface area contributed by atoms with Crippen LogP contribution in [0.1, 0.15) is 11.3 Å². The molecule has 2 rings (SSSR count). The lowest BCUT2D eigenvalue weighted by molar-refractivity contribution is -0.119. The summed E-state index contributed by atoms with van der Waals surface area (Å²) in [6.45, 7) is 2.26. The number of amides is 1. The fourth-order valence-corrected chi connectivity index (χ4v) is 1.72. The number of hydrogen-bond donors (Lipinski definition) is 2. The first kappa shape index (κ1) is 14.0. The maximum absolute atomic E-state index is 13.3. The number of anilines is 1. The Labute approximate surface area is 116 Å². The van der Waals surface area contributed by atoms with Crippen LogP contribution < -0.4 is 10.6 Å². The fourth-order valence-electron chi connectivity index (χ4n) is 1.72. The highest BCUT2D eigenvalue weighted by Gasteiger charge is 2.05. The average molecular weight is 277 g/mol. The number of carbonyl (C=O) groups excluding carboxylic acids is 1. The van der Waals surface area contributed by atoms with E-state index < -0.39 is 0 Å². The molecule has 0 aliphatic heterocycles.